The normalized spacial score (nSPS) is 16.6. The Bertz CT molecular complexity index is 1200. The highest BCUT2D eigenvalue weighted by atomic mass is 16.6. The van der Waals surface area contributed by atoms with E-state index in [0.717, 1.165) is 27.7 Å². The lowest BCUT2D eigenvalue weighted by Crippen LogP contribution is -2.27. The van der Waals surface area contributed by atoms with Gasteiger partial charge in [-0.15, -0.1) is 0 Å². The third-order valence-electron chi connectivity index (χ3n) is 5.37. The second kappa shape index (κ2) is 6.77. The van der Waals surface area contributed by atoms with Crippen LogP contribution in [0.2, 0.25) is 0 Å². The number of fused-ring (bicyclic) bond motifs is 1. The quantitative estimate of drug-likeness (QED) is 0.523. The molecule has 1 saturated heterocycles. The van der Waals surface area contributed by atoms with Crippen molar-refractivity contribution in [3.8, 4) is 11.3 Å². The van der Waals surface area contributed by atoms with E-state index in [1.165, 1.54) is 0 Å². The summed E-state index contributed by atoms with van der Waals surface area (Å²) in [6.45, 7) is 2.66. The van der Waals surface area contributed by atoms with Crippen molar-refractivity contribution in [1.82, 2.24) is 19.8 Å². The van der Waals surface area contributed by atoms with Crippen LogP contribution < -0.4 is 0 Å². The van der Waals surface area contributed by atoms with E-state index in [9.17, 15) is 4.79 Å². The zero-order valence-corrected chi connectivity index (χ0v) is 16.2. The summed E-state index contributed by atoms with van der Waals surface area (Å²) >= 11 is 0. The van der Waals surface area contributed by atoms with Crippen molar-refractivity contribution in [3.05, 3.63) is 71.5 Å². The summed E-state index contributed by atoms with van der Waals surface area (Å²) in [7, 11) is 1.92. The molecule has 4 aromatic rings. The van der Waals surface area contributed by atoms with Crippen LogP contribution in [0.25, 0.3) is 22.2 Å². The summed E-state index contributed by atoms with van der Waals surface area (Å²) in [6, 6.07) is 17.7. The molecule has 1 fully saturated rings. The van der Waals surface area contributed by atoms with E-state index in [1.807, 2.05) is 73.3 Å². The summed E-state index contributed by atoms with van der Waals surface area (Å²) in [6.07, 6.45) is -0.338. The molecule has 1 aliphatic rings. The van der Waals surface area contributed by atoms with E-state index < -0.39 is 0 Å². The molecule has 29 heavy (non-hydrogen) atoms. The van der Waals surface area contributed by atoms with E-state index in [4.69, 9.17) is 9.26 Å². The van der Waals surface area contributed by atoms with Gasteiger partial charge in [0, 0.05) is 24.1 Å². The number of ether oxygens (including phenoxy) is 1. The fourth-order valence-corrected chi connectivity index (χ4v) is 3.86. The van der Waals surface area contributed by atoms with Crippen molar-refractivity contribution in [2.24, 2.45) is 7.05 Å². The first kappa shape index (κ1) is 17.5. The van der Waals surface area contributed by atoms with Crippen LogP contribution >= 0.6 is 0 Å². The van der Waals surface area contributed by atoms with Crippen LogP contribution in [0, 0.1) is 6.92 Å². The Morgan fingerprint density at radius 1 is 1.14 bits per heavy atom. The van der Waals surface area contributed by atoms with Gasteiger partial charge in [0.2, 0.25) is 0 Å². The second-order valence-corrected chi connectivity index (χ2v) is 7.25. The molecule has 0 bridgehead atoms. The van der Waals surface area contributed by atoms with Crippen molar-refractivity contribution < 1.29 is 14.1 Å². The lowest BCUT2D eigenvalue weighted by Gasteiger charge is -2.20. The molecule has 0 spiro atoms. The van der Waals surface area contributed by atoms with E-state index in [-0.39, 0.29) is 12.1 Å². The minimum atomic E-state index is -0.338. The Morgan fingerprint density at radius 3 is 2.79 bits per heavy atom. The molecular formula is C22H20N4O3. The maximum atomic E-state index is 12.3. The molecule has 0 aliphatic carbocycles. The van der Waals surface area contributed by atoms with E-state index in [0.29, 0.717) is 24.6 Å². The highest BCUT2D eigenvalue weighted by molar-refractivity contribution is 5.86. The van der Waals surface area contributed by atoms with Gasteiger partial charge < -0.3 is 9.26 Å². The number of rotatable bonds is 4. The molecule has 1 atom stereocenters. The first-order chi connectivity index (χ1) is 14.1. The number of hydrogen-bond donors (Lipinski definition) is 0. The monoisotopic (exact) mass is 388 g/mol. The van der Waals surface area contributed by atoms with Crippen LogP contribution in [-0.2, 0) is 18.3 Å². The van der Waals surface area contributed by atoms with E-state index in [2.05, 4.69) is 10.3 Å². The Hall–Kier alpha value is -3.61. The van der Waals surface area contributed by atoms with Crippen LogP contribution in [0.15, 0.2) is 59.1 Å². The zero-order chi connectivity index (χ0) is 20.0. The Morgan fingerprint density at radius 2 is 1.97 bits per heavy atom. The van der Waals surface area contributed by atoms with Crippen LogP contribution in [0.5, 0.6) is 0 Å². The average Bonchev–Trinajstić information content (AvgIpc) is 3.42. The highest BCUT2D eigenvalue weighted by Crippen LogP contribution is 2.31. The van der Waals surface area contributed by atoms with Crippen LogP contribution in [0.4, 0.5) is 4.79 Å². The minimum absolute atomic E-state index is 0.127. The number of amides is 1. The first-order valence-electron chi connectivity index (χ1n) is 9.48. The van der Waals surface area contributed by atoms with Crippen molar-refractivity contribution in [2.45, 2.75) is 19.5 Å². The minimum Gasteiger partial charge on any atom is -0.447 e. The Kier molecular flexibility index (Phi) is 4.08. The molecule has 0 N–H and O–H groups in total. The molecule has 0 radical (unpaired) electrons. The molecule has 1 amide bonds. The number of cyclic esters (lactones) is 1. The van der Waals surface area contributed by atoms with Gasteiger partial charge in [0.25, 0.3) is 0 Å². The molecule has 5 rings (SSSR count). The van der Waals surface area contributed by atoms with Gasteiger partial charge in [-0.25, -0.2) is 4.79 Å². The molecule has 2 aromatic carbocycles. The number of hydrogen-bond acceptors (Lipinski definition) is 5. The van der Waals surface area contributed by atoms with E-state index in [1.54, 1.807) is 4.90 Å². The third-order valence-corrected chi connectivity index (χ3v) is 5.37. The number of benzene rings is 2. The number of carbonyl (C=O) groups is 1. The SMILES string of the molecule is Cc1nn(C)c2cc(-c3cc(CN4C(=O)OCC4c4ccccc4)no3)ccc12. The highest BCUT2D eigenvalue weighted by Gasteiger charge is 2.34. The molecule has 146 valence electrons. The summed E-state index contributed by atoms with van der Waals surface area (Å²) in [5.74, 6) is 0.657. The molecule has 7 heteroatoms. The van der Waals surface area contributed by atoms with Gasteiger partial charge in [-0.3, -0.25) is 9.58 Å². The lowest BCUT2D eigenvalue weighted by atomic mass is 10.1. The molecule has 2 aromatic heterocycles. The average molecular weight is 388 g/mol. The standard InChI is InChI=1S/C22H20N4O3/c1-14-18-9-8-16(10-19(18)25(2)23-14)21-11-17(24-29-21)12-26-20(13-28-22(26)27)15-6-4-3-5-7-15/h3-11,20H,12-13H2,1-2H3. The van der Waals surface area contributed by atoms with Crippen molar-refractivity contribution in [2.75, 3.05) is 6.61 Å². The van der Waals surface area contributed by atoms with Gasteiger partial charge in [0.1, 0.15) is 12.3 Å². The lowest BCUT2D eigenvalue weighted by molar-refractivity contribution is 0.155. The van der Waals surface area contributed by atoms with Crippen molar-refractivity contribution in [3.63, 3.8) is 0 Å². The molecule has 7 nitrogen and oxygen atoms in total. The van der Waals surface area contributed by atoms with Gasteiger partial charge in [-0.05, 0) is 18.6 Å². The number of aromatic nitrogens is 3. The molecule has 1 unspecified atom stereocenters. The Balaban J connectivity index is 1.41. The summed E-state index contributed by atoms with van der Waals surface area (Å²) in [5.41, 5.74) is 4.67. The third kappa shape index (κ3) is 3.04. The fourth-order valence-electron chi connectivity index (χ4n) is 3.86. The first-order valence-corrected chi connectivity index (χ1v) is 9.48. The summed E-state index contributed by atoms with van der Waals surface area (Å²) < 4.78 is 12.7. The predicted molar refractivity (Wildman–Crippen MR) is 107 cm³/mol. The van der Waals surface area contributed by atoms with Gasteiger partial charge in [-0.2, -0.15) is 5.10 Å². The predicted octanol–water partition coefficient (Wildman–Crippen LogP) is 4.23. The number of nitrogens with zero attached hydrogens (tertiary/aromatic N) is 4. The zero-order valence-electron chi connectivity index (χ0n) is 16.2. The molecular weight excluding hydrogens is 368 g/mol. The van der Waals surface area contributed by atoms with Crippen molar-refractivity contribution >= 4 is 17.0 Å². The smallest absolute Gasteiger partial charge is 0.410 e. The number of aryl methyl sites for hydroxylation is 2. The second-order valence-electron chi connectivity index (χ2n) is 7.25. The maximum Gasteiger partial charge on any atom is 0.410 e. The van der Waals surface area contributed by atoms with Gasteiger partial charge in [-0.1, -0.05) is 47.6 Å². The van der Waals surface area contributed by atoms with Crippen LogP contribution in [0.3, 0.4) is 0 Å². The fraction of sp³-hybridized carbons (Fsp3) is 0.227. The Labute approximate surface area is 167 Å². The molecule has 0 saturated carbocycles. The van der Waals surface area contributed by atoms with Gasteiger partial charge in [0.15, 0.2) is 5.76 Å². The largest absolute Gasteiger partial charge is 0.447 e. The van der Waals surface area contributed by atoms with Gasteiger partial charge in [0.05, 0.1) is 23.8 Å². The topological polar surface area (TPSA) is 73.4 Å². The summed E-state index contributed by atoms with van der Waals surface area (Å²) in [5, 5.41) is 9.75. The van der Waals surface area contributed by atoms with Crippen molar-refractivity contribution in [1.29, 1.82) is 0 Å². The number of carbonyl (C=O) groups excluding carboxylic acids is 1. The van der Waals surface area contributed by atoms with Crippen LogP contribution in [-0.4, -0.2) is 32.5 Å². The van der Waals surface area contributed by atoms with Crippen LogP contribution in [0.1, 0.15) is 23.0 Å². The van der Waals surface area contributed by atoms with E-state index >= 15 is 0 Å². The van der Waals surface area contributed by atoms with Gasteiger partial charge >= 0.3 is 6.09 Å². The molecule has 3 heterocycles. The summed E-state index contributed by atoms with van der Waals surface area (Å²) in [4.78, 5) is 13.9. The maximum absolute atomic E-state index is 12.3. The molecule has 1 aliphatic heterocycles.